The molecule has 0 amide bonds. The molecule has 9 nitrogen and oxygen atoms in total. The van der Waals surface area contributed by atoms with Crippen LogP contribution in [0.3, 0.4) is 0 Å². The van der Waals surface area contributed by atoms with Crippen LogP contribution in [0.25, 0.3) is 0 Å². The lowest BCUT2D eigenvalue weighted by molar-refractivity contribution is -0.386. The molecule has 2 N–H and O–H groups in total. The van der Waals surface area contributed by atoms with Crippen molar-refractivity contribution in [2.45, 2.75) is 18.7 Å². The van der Waals surface area contributed by atoms with Gasteiger partial charge < -0.3 is 9.84 Å². The van der Waals surface area contributed by atoms with Crippen LogP contribution in [0.2, 0.25) is 0 Å². The average Bonchev–Trinajstić information content (AvgIpc) is 2.57. The number of benzene rings is 2. The lowest BCUT2D eigenvalue weighted by atomic mass is 10.2. The van der Waals surface area contributed by atoms with E-state index in [1.165, 1.54) is 19.2 Å². The van der Waals surface area contributed by atoms with Crippen LogP contribution in [0.15, 0.2) is 40.3 Å². The van der Waals surface area contributed by atoms with Crippen LogP contribution in [0, 0.1) is 24.0 Å². The highest BCUT2D eigenvalue weighted by molar-refractivity contribution is 7.89. The van der Waals surface area contributed by atoms with Gasteiger partial charge in [0.05, 0.1) is 23.1 Å². The van der Waals surface area contributed by atoms with Gasteiger partial charge in [-0.3, -0.25) is 10.1 Å². The zero-order valence-corrected chi connectivity index (χ0v) is 15.1. The summed E-state index contributed by atoms with van der Waals surface area (Å²) in [4.78, 5) is 12.3. The van der Waals surface area contributed by atoms with Gasteiger partial charge in [-0.25, -0.2) is 4.83 Å². The Balaban J connectivity index is 2.32. The second-order valence-electron chi connectivity index (χ2n) is 5.47. The van der Waals surface area contributed by atoms with E-state index in [0.717, 1.165) is 17.8 Å². The Hall–Kier alpha value is -3.14. The number of hydrazone groups is 1. The van der Waals surface area contributed by atoms with Crippen LogP contribution in [-0.4, -0.2) is 31.8 Å². The highest BCUT2D eigenvalue weighted by Crippen LogP contribution is 2.36. The quantitative estimate of drug-likeness (QED) is 0.449. The van der Waals surface area contributed by atoms with Gasteiger partial charge in [0.1, 0.15) is 0 Å². The molecule has 26 heavy (non-hydrogen) atoms. The van der Waals surface area contributed by atoms with E-state index in [0.29, 0.717) is 5.56 Å². The Kier molecular flexibility index (Phi) is 5.46. The Bertz CT molecular complexity index is 986. The van der Waals surface area contributed by atoms with Crippen LogP contribution in [0.4, 0.5) is 5.69 Å². The minimum atomic E-state index is -3.90. The first-order valence-electron chi connectivity index (χ1n) is 7.33. The van der Waals surface area contributed by atoms with E-state index in [4.69, 9.17) is 4.74 Å². The molecule has 0 bridgehead atoms. The molecule has 0 unspecified atom stereocenters. The number of phenols is 1. The minimum Gasteiger partial charge on any atom is -0.500 e. The van der Waals surface area contributed by atoms with Gasteiger partial charge in [0.2, 0.25) is 5.75 Å². The van der Waals surface area contributed by atoms with Crippen molar-refractivity contribution in [1.82, 2.24) is 4.83 Å². The fourth-order valence-electron chi connectivity index (χ4n) is 2.20. The number of nitrogens with zero attached hydrogens (tertiary/aromatic N) is 2. The van der Waals surface area contributed by atoms with Crippen LogP contribution in [0.1, 0.15) is 16.7 Å². The SMILES string of the molecule is COc1cc(/C=N/NS(=O)(=O)c2cc(C)ccc2C)cc([N+](=O)[O-])c1O. The molecule has 0 saturated heterocycles. The van der Waals surface area contributed by atoms with Gasteiger partial charge in [0.25, 0.3) is 10.0 Å². The molecule has 0 aliphatic rings. The van der Waals surface area contributed by atoms with Gasteiger partial charge in [-0.15, -0.1) is 0 Å². The number of phenolic OH excluding ortho intramolecular Hbond substituents is 1. The van der Waals surface area contributed by atoms with Crippen molar-refractivity contribution < 1.29 is 23.2 Å². The minimum absolute atomic E-state index is 0.0870. The number of nitrogens with one attached hydrogen (secondary N) is 1. The fraction of sp³-hybridized carbons (Fsp3) is 0.188. The third-order valence-corrected chi connectivity index (χ3v) is 4.88. The van der Waals surface area contributed by atoms with E-state index in [1.807, 2.05) is 0 Å². The van der Waals surface area contributed by atoms with E-state index < -0.39 is 26.4 Å². The van der Waals surface area contributed by atoms with Crippen molar-refractivity contribution >= 4 is 21.9 Å². The predicted octanol–water partition coefficient (Wildman–Crippen LogP) is 2.24. The average molecular weight is 379 g/mol. The first kappa shape index (κ1) is 19.2. The largest absolute Gasteiger partial charge is 0.500 e. The van der Waals surface area contributed by atoms with Crippen molar-refractivity contribution in [3.05, 3.63) is 57.1 Å². The monoisotopic (exact) mass is 379 g/mol. The number of hydrogen-bond donors (Lipinski definition) is 2. The number of nitro groups is 1. The maximum atomic E-state index is 12.4. The summed E-state index contributed by atoms with van der Waals surface area (Å²) >= 11 is 0. The Morgan fingerprint density at radius 1 is 1.27 bits per heavy atom. The zero-order chi connectivity index (χ0) is 19.5. The number of aromatic hydroxyl groups is 1. The molecule has 2 aromatic carbocycles. The molecule has 0 heterocycles. The van der Waals surface area contributed by atoms with Gasteiger partial charge >= 0.3 is 5.69 Å². The van der Waals surface area contributed by atoms with Gasteiger partial charge in [-0.1, -0.05) is 12.1 Å². The highest BCUT2D eigenvalue weighted by Gasteiger charge is 2.20. The maximum absolute atomic E-state index is 12.4. The van der Waals surface area contributed by atoms with Crippen molar-refractivity contribution in [3.8, 4) is 11.5 Å². The number of ether oxygens (including phenoxy) is 1. The summed E-state index contributed by atoms with van der Waals surface area (Å²) in [5.74, 6) is -0.747. The summed E-state index contributed by atoms with van der Waals surface area (Å²) in [6.07, 6.45) is 1.08. The van der Waals surface area contributed by atoms with Crippen LogP contribution in [-0.2, 0) is 10.0 Å². The summed E-state index contributed by atoms with van der Waals surface area (Å²) in [5.41, 5.74) is 0.928. The smallest absolute Gasteiger partial charge is 0.315 e. The number of sulfonamides is 1. The molecule has 0 atom stereocenters. The van der Waals surface area contributed by atoms with Crippen molar-refractivity contribution in [3.63, 3.8) is 0 Å². The summed E-state index contributed by atoms with van der Waals surface area (Å²) < 4.78 is 29.6. The van der Waals surface area contributed by atoms with Gasteiger partial charge in [0, 0.05) is 11.6 Å². The second kappa shape index (κ2) is 7.40. The molecule has 0 radical (unpaired) electrons. The fourth-order valence-corrected chi connectivity index (χ4v) is 3.32. The van der Waals surface area contributed by atoms with Gasteiger partial charge in [-0.2, -0.15) is 13.5 Å². The van der Waals surface area contributed by atoms with E-state index in [1.54, 1.807) is 26.0 Å². The molecule has 0 aromatic heterocycles. The molecule has 0 saturated carbocycles. The van der Waals surface area contributed by atoms with Gasteiger partial charge in [-0.05, 0) is 37.1 Å². The third-order valence-electron chi connectivity index (χ3n) is 3.51. The normalized spacial score (nSPS) is 11.5. The number of methoxy groups -OCH3 is 1. The predicted molar refractivity (Wildman–Crippen MR) is 95.1 cm³/mol. The summed E-state index contributed by atoms with van der Waals surface area (Å²) in [6, 6.07) is 7.33. The molecule has 2 rings (SSSR count). The first-order chi connectivity index (χ1) is 12.2. The Morgan fingerprint density at radius 3 is 2.58 bits per heavy atom. The maximum Gasteiger partial charge on any atom is 0.315 e. The van der Waals surface area contributed by atoms with E-state index in [-0.39, 0.29) is 16.2 Å². The molecule has 0 fully saturated rings. The molecular weight excluding hydrogens is 362 g/mol. The summed E-state index contributed by atoms with van der Waals surface area (Å²) in [5, 5.41) is 24.3. The van der Waals surface area contributed by atoms with E-state index in [9.17, 15) is 23.6 Å². The van der Waals surface area contributed by atoms with Crippen LogP contribution < -0.4 is 9.57 Å². The highest BCUT2D eigenvalue weighted by atomic mass is 32.2. The molecule has 2 aromatic rings. The van der Waals surface area contributed by atoms with Gasteiger partial charge in [0.15, 0.2) is 5.75 Å². The van der Waals surface area contributed by atoms with Crippen molar-refractivity contribution in [2.24, 2.45) is 5.10 Å². The number of rotatable bonds is 6. The standard InChI is InChI=1S/C16H17N3O6S/c1-10-4-5-11(2)15(6-10)26(23,24)18-17-9-12-7-13(19(21)22)16(20)14(8-12)25-3/h4-9,18,20H,1-3H3/b17-9+. The Labute approximate surface area is 150 Å². The van der Waals surface area contributed by atoms with E-state index >= 15 is 0 Å². The lowest BCUT2D eigenvalue weighted by Gasteiger charge is -2.08. The molecule has 138 valence electrons. The second-order valence-corrected chi connectivity index (χ2v) is 7.10. The number of nitro benzene ring substituents is 1. The van der Waals surface area contributed by atoms with Crippen molar-refractivity contribution in [2.75, 3.05) is 7.11 Å². The summed E-state index contributed by atoms with van der Waals surface area (Å²) in [7, 11) is -2.66. The molecule has 0 aliphatic heterocycles. The van der Waals surface area contributed by atoms with E-state index in [2.05, 4.69) is 9.93 Å². The molecule has 0 spiro atoms. The lowest BCUT2D eigenvalue weighted by Crippen LogP contribution is -2.19. The third kappa shape index (κ3) is 4.09. The van der Waals surface area contributed by atoms with Crippen LogP contribution in [0.5, 0.6) is 11.5 Å². The molecule has 10 heteroatoms. The van der Waals surface area contributed by atoms with Crippen molar-refractivity contribution in [1.29, 1.82) is 0 Å². The topological polar surface area (TPSA) is 131 Å². The number of hydrogen-bond acceptors (Lipinski definition) is 7. The Morgan fingerprint density at radius 2 is 1.96 bits per heavy atom. The summed E-state index contributed by atoms with van der Waals surface area (Å²) in [6.45, 7) is 3.43. The first-order valence-corrected chi connectivity index (χ1v) is 8.81. The van der Waals surface area contributed by atoms with Crippen LogP contribution >= 0.6 is 0 Å². The number of aryl methyl sites for hydroxylation is 2. The molecular formula is C16H17N3O6S. The zero-order valence-electron chi connectivity index (χ0n) is 14.3. The molecule has 0 aliphatic carbocycles.